The quantitative estimate of drug-likeness (QED) is 0.869. The summed E-state index contributed by atoms with van der Waals surface area (Å²) in [5.41, 5.74) is 0.904. The van der Waals surface area contributed by atoms with Crippen molar-refractivity contribution in [2.75, 3.05) is 25.1 Å². The molecule has 3 heterocycles. The van der Waals surface area contributed by atoms with Crippen LogP contribution in [0.25, 0.3) is 0 Å². The number of pyridine rings is 1. The Labute approximate surface area is 128 Å². The molecule has 21 heavy (non-hydrogen) atoms. The van der Waals surface area contributed by atoms with E-state index in [0.29, 0.717) is 10.9 Å². The lowest BCUT2D eigenvalue weighted by Gasteiger charge is -2.17. The number of hydrogen-bond donors (Lipinski definition) is 0. The highest BCUT2D eigenvalue weighted by molar-refractivity contribution is 6.32. The molecule has 1 aliphatic heterocycles. The highest BCUT2D eigenvalue weighted by Crippen LogP contribution is 2.31. The maximum absolute atomic E-state index is 6.23. The van der Waals surface area contributed by atoms with Crippen LogP contribution >= 0.6 is 11.6 Å². The van der Waals surface area contributed by atoms with Crippen LogP contribution < -0.4 is 4.90 Å². The zero-order valence-electron chi connectivity index (χ0n) is 12.1. The van der Waals surface area contributed by atoms with Crippen molar-refractivity contribution in [3.63, 3.8) is 0 Å². The summed E-state index contributed by atoms with van der Waals surface area (Å²) < 4.78 is 10.9. The number of hydrogen-bond acceptors (Lipinski definition) is 5. The van der Waals surface area contributed by atoms with Crippen LogP contribution in [-0.2, 0) is 11.2 Å². The van der Waals surface area contributed by atoms with Gasteiger partial charge in [-0.25, -0.2) is 4.98 Å². The zero-order valence-corrected chi connectivity index (χ0v) is 12.9. The molecule has 0 bridgehead atoms. The van der Waals surface area contributed by atoms with Gasteiger partial charge >= 0.3 is 0 Å². The average molecular weight is 308 g/mol. The average Bonchev–Trinajstić information content (AvgIpc) is 3.06. The van der Waals surface area contributed by atoms with E-state index in [4.69, 9.17) is 20.9 Å². The molecular weight excluding hydrogens is 290 g/mol. The lowest BCUT2D eigenvalue weighted by molar-refractivity contribution is 0.0813. The van der Waals surface area contributed by atoms with E-state index in [-0.39, 0.29) is 6.10 Å². The van der Waals surface area contributed by atoms with Crippen LogP contribution in [0.15, 0.2) is 28.9 Å². The van der Waals surface area contributed by atoms with E-state index in [2.05, 4.69) is 15.0 Å². The van der Waals surface area contributed by atoms with Crippen LogP contribution in [0.5, 0.6) is 0 Å². The summed E-state index contributed by atoms with van der Waals surface area (Å²) in [7, 11) is 1.74. The van der Waals surface area contributed by atoms with Crippen LogP contribution in [0.4, 0.5) is 5.82 Å². The van der Waals surface area contributed by atoms with Crippen LogP contribution in [-0.4, -0.2) is 36.4 Å². The Balaban J connectivity index is 1.75. The fourth-order valence-corrected chi connectivity index (χ4v) is 3.10. The molecule has 2 atom stereocenters. The molecule has 0 aliphatic carbocycles. The van der Waals surface area contributed by atoms with Crippen molar-refractivity contribution < 1.29 is 9.26 Å². The van der Waals surface area contributed by atoms with E-state index in [0.717, 1.165) is 36.8 Å². The zero-order chi connectivity index (χ0) is 14.8. The third-order valence-corrected chi connectivity index (χ3v) is 4.16. The first kappa shape index (κ1) is 14.4. The first-order chi connectivity index (χ1) is 10.2. The third kappa shape index (κ3) is 3.04. The Hall–Kier alpha value is -1.59. The maximum atomic E-state index is 6.23. The third-order valence-electron chi connectivity index (χ3n) is 3.86. The molecule has 0 aromatic carbocycles. The molecule has 0 spiro atoms. The van der Waals surface area contributed by atoms with Gasteiger partial charge in [0.05, 0.1) is 16.8 Å². The van der Waals surface area contributed by atoms with Crippen LogP contribution in [0.3, 0.4) is 0 Å². The molecule has 0 unspecified atom stereocenters. The number of anilines is 1. The minimum Gasteiger partial charge on any atom is -0.379 e. The Morgan fingerprint density at radius 2 is 2.33 bits per heavy atom. The van der Waals surface area contributed by atoms with E-state index in [1.807, 2.05) is 25.1 Å². The van der Waals surface area contributed by atoms with Crippen LogP contribution in [0.1, 0.15) is 11.5 Å². The maximum Gasteiger partial charge on any atom is 0.147 e. The monoisotopic (exact) mass is 307 g/mol. The van der Waals surface area contributed by atoms with Gasteiger partial charge in [-0.05, 0) is 19.1 Å². The number of nitrogens with zero attached hydrogens (tertiary/aromatic N) is 3. The van der Waals surface area contributed by atoms with Crippen LogP contribution in [0.2, 0.25) is 5.02 Å². The molecular formula is C15H18ClN3O2. The van der Waals surface area contributed by atoms with Crippen molar-refractivity contribution in [1.29, 1.82) is 0 Å². The van der Waals surface area contributed by atoms with Gasteiger partial charge in [0, 0.05) is 44.8 Å². The van der Waals surface area contributed by atoms with Gasteiger partial charge in [-0.1, -0.05) is 16.8 Å². The fourth-order valence-electron chi connectivity index (χ4n) is 2.86. The second-order valence-electron chi connectivity index (χ2n) is 5.39. The SMILES string of the molecule is CO[C@H]1CN(c2ncccc2Cl)C[C@H]1Cc1cc(C)no1. The molecule has 3 rings (SSSR count). The molecule has 5 nitrogen and oxygen atoms in total. The second-order valence-corrected chi connectivity index (χ2v) is 5.79. The summed E-state index contributed by atoms with van der Waals surface area (Å²) in [5, 5.41) is 4.61. The predicted octanol–water partition coefficient (Wildman–Crippen LogP) is 2.73. The van der Waals surface area contributed by atoms with Gasteiger partial charge in [0.25, 0.3) is 0 Å². The summed E-state index contributed by atoms with van der Waals surface area (Å²) in [4.78, 5) is 6.55. The summed E-state index contributed by atoms with van der Waals surface area (Å²) in [6.07, 6.45) is 2.70. The minimum absolute atomic E-state index is 0.133. The van der Waals surface area contributed by atoms with Crippen molar-refractivity contribution in [2.45, 2.75) is 19.4 Å². The van der Waals surface area contributed by atoms with E-state index in [9.17, 15) is 0 Å². The summed E-state index contributed by atoms with van der Waals surface area (Å²) >= 11 is 6.23. The lowest BCUT2D eigenvalue weighted by Crippen LogP contribution is -2.23. The summed E-state index contributed by atoms with van der Waals surface area (Å²) in [5.74, 6) is 2.05. The molecule has 0 saturated carbocycles. The van der Waals surface area contributed by atoms with Gasteiger partial charge in [-0.2, -0.15) is 0 Å². The number of halogens is 1. The molecule has 2 aromatic heterocycles. The molecule has 2 aromatic rings. The van der Waals surface area contributed by atoms with Gasteiger partial charge in [-0.3, -0.25) is 0 Å². The number of rotatable bonds is 4. The summed E-state index contributed by atoms with van der Waals surface area (Å²) in [6, 6.07) is 5.67. The molecule has 6 heteroatoms. The second kappa shape index (κ2) is 6.03. The topological polar surface area (TPSA) is 51.4 Å². The number of ether oxygens (including phenoxy) is 1. The van der Waals surface area contributed by atoms with E-state index in [1.165, 1.54) is 0 Å². The normalized spacial score (nSPS) is 22.0. The fraction of sp³-hybridized carbons (Fsp3) is 0.467. The van der Waals surface area contributed by atoms with Gasteiger partial charge < -0.3 is 14.2 Å². The van der Waals surface area contributed by atoms with Gasteiger partial charge in [0.1, 0.15) is 11.6 Å². The van der Waals surface area contributed by atoms with Crippen molar-refractivity contribution in [2.24, 2.45) is 5.92 Å². The van der Waals surface area contributed by atoms with Crippen LogP contribution in [0, 0.1) is 12.8 Å². The van der Waals surface area contributed by atoms with Crippen molar-refractivity contribution in [3.8, 4) is 0 Å². The largest absolute Gasteiger partial charge is 0.379 e. The number of aryl methyl sites for hydroxylation is 1. The standard InChI is InChI=1S/C15H18ClN3O2/c1-10-6-12(21-18-10)7-11-8-19(9-14(11)20-2)15-13(16)4-3-5-17-15/h3-6,11,14H,7-9H2,1-2H3/t11-,14+/m1/s1. The van der Waals surface area contributed by atoms with Crippen molar-refractivity contribution >= 4 is 17.4 Å². The smallest absolute Gasteiger partial charge is 0.147 e. The van der Waals surface area contributed by atoms with Crippen molar-refractivity contribution in [3.05, 3.63) is 40.9 Å². The molecule has 1 aliphatic rings. The number of aromatic nitrogens is 2. The number of methoxy groups -OCH3 is 1. The molecule has 0 N–H and O–H groups in total. The molecule has 1 fully saturated rings. The molecule has 0 amide bonds. The lowest BCUT2D eigenvalue weighted by atomic mass is 10.0. The van der Waals surface area contributed by atoms with E-state index in [1.54, 1.807) is 13.3 Å². The Morgan fingerprint density at radius 3 is 3.00 bits per heavy atom. The van der Waals surface area contributed by atoms with Gasteiger partial charge in [0.2, 0.25) is 0 Å². The molecule has 0 radical (unpaired) electrons. The Bertz CT molecular complexity index is 616. The van der Waals surface area contributed by atoms with Crippen molar-refractivity contribution in [1.82, 2.24) is 10.1 Å². The minimum atomic E-state index is 0.133. The molecule has 1 saturated heterocycles. The Morgan fingerprint density at radius 1 is 1.48 bits per heavy atom. The molecule has 112 valence electrons. The van der Waals surface area contributed by atoms with E-state index < -0.39 is 0 Å². The van der Waals surface area contributed by atoms with Gasteiger partial charge in [0.15, 0.2) is 0 Å². The highest BCUT2D eigenvalue weighted by Gasteiger charge is 2.35. The Kier molecular flexibility index (Phi) is 4.12. The first-order valence-corrected chi connectivity index (χ1v) is 7.35. The summed E-state index contributed by atoms with van der Waals surface area (Å²) in [6.45, 7) is 3.55. The predicted molar refractivity (Wildman–Crippen MR) is 80.7 cm³/mol. The highest BCUT2D eigenvalue weighted by atomic mass is 35.5. The van der Waals surface area contributed by atoms with Gasteiger partial charge in [-0.15, -0.1) is 0 Å². The van der Waals surface area contributed by atoms with E-state index >= 15 is 0 Å². The first-order valence-electron chi connectivity index (χ1n) is 6.98.